The smallest absolute Gasteiger partial charge is 0.454 e. The Bertz CT molecular complexity index is 1090. The summed E-state index contributed by atoms with van der Waals surface area (Å²) in [4.78, 5) is 0. The Balaban J connectivity index is 1.98. The molecule has 0 spiro atoms. The lowest BCUT2D eigenvalue weighted by Gasteiger charge is -2.04. The molecule has 2 N–H and O–H groups in total. The van der Waals surface area contributed by atoms with Gasteiger partial charge < -0.3 is 14.5 Å². The van der Waals surface area contributed by atoms with E-state index in [9.17, 15) is 15.3 Å². The van der Waals surface area contributed by atoms with Crippen LogP contribution in [0, 0.1) is 11.3 Å². The van der Waals surface area contributed by atoms with Crippen LogP contribution in [0.3, 0.4) is 0 Å². The molecule has 24 heavy (non-hydrogen) atoms. The summed E-state index contributed by atoms with van der Waals surface area (Å²) in [6, 6.07) is 20.5. The van der Waals surface area contributed by atoms with Crippen LogP contribution < -0.4 is 5.46 Å². The standard InChI is InChI=1S/C19H12BNO3/c21-11-13-3-1-5-16-17-6-2-4-15(19(17)24-18(13)16)12-7-9-14(10-8-12)20(22)23/h1-10,22-23H. The third kappa shape index (κ3) is 2.17. The molecule has 0 unspecified atom stereocenters. The van der Waals surface area contributed by atoms with Crippen molar-refractivity contribution in [3.63, 3.8) is 0 Å². The molecular formula is C19H12BNO3. The molecule has 114 valence electrons. The second-order valence-electron chi connectivity index (χ2n) is 5.57. The minimum atomic E-state index is -1.49. The van der Waals surface area contributed by atoms with Gasteiger partial charge in [-0.15, -0.1) is 0 Å². The van der Waals surface area contributed by atoms with E-state index >= 15 is 0 Å². The summed E-state index contributed by atoms with van der Waals surface area (Å²) in [6.07, 6.45) is 0. The number of para-hydroxylation sites is 2. The second-order valence-corrected chi connectivity index (χ2v) is 5.57. The Morgan fingerprint density at radius 2 is 1.50 bits per heavy atom. The number of fused-ring (bicyclic) bond motifs is 3. The third-order valence-corrected chi connectivity index (χ3v) is 4.16. The fourth-order valence-corrected chi connectivity index (χ4v) is 2.97. The summed E-state index contributed by atoms with van der Waals surface area (Å²) >= 11 is 0. The van der Waals surface area contributed by atoms with Crippen LogP contribution >= 0.6 is 0 Å². The molecule has 5 heteroatoms. The fourth-order valence-electron chi connectivity index (χ4n) is 2.97. The Hall–Kier alpha value is -3.07. The zero-order valence-electron chi connectivity index (χ0n) is 12.6. The lowest BCUT2D eigenvalue weighted by atomic mass is 9.80. The average molecular weight is 313 g/mol. The van der Waals surface area contributed by atoms with Crippen LogP contribution in [0.4, 0.5) is 0 Å². The van der Waals surface area contributed by atoms with Gasteiger partial charge in [-0.3, -0.25) is 0 Å². The number of nitrogens with zero attached hydrogens (tertiary/aromatic N) is 1. The maximum Gasteiger partial charge on any atom is 0.488 e. The van der Waals surface area contributed by atoms with Crippen molar-refractivity contribution in [2.75, 3.05) is 0 Å². The van der Waals surface area contributed by atoms with Crippen molar-refractivity contribution in [1.82, 2.24) is 0 Å². The molecule has 1 aromatic heterocycles. The second kappa shape index (κ2) is 5.53. The van der Waals surface area contributed by atoms with Crippen LogP contribution in [0.5, 0.6) is 0 Å². The van der Waals surface area contributed by atoms with Crippen molar-refractivity contribution in [3.05, 3.63) is 66.2 Å². The van der Waals surface area contributed by atoms with Gasteiger partial charge in [-0.2, -0.15) is 5.26 Å². The molecule has 0 amide bonds. The van der Waals surface area contributed by atoms with E-state index in [1.54, 1.807) is 18.2 Å². The van der Waals surface area contributed by atoms with Gasteiger partial charge in [0.1, 0.15) is 11.7 Å². The molecule has 0 radical (unpaired) electrons. The molecule has 0 atom stereocenters. The molecule has 0 aliphatic heterocycles. The molecule has 4 rings (SSSR count). The average Bonchev–Trinajstić information content (AvgIpc) is 3.00. The van der Waals surface area contributed by atoms with E-state index in [2.05, 4.69) is 6.07 Å². The molecule has 4 aromatic rings. The Kier molecular flexibility index (Phi) is 3.35. The van der Waals surface area contributed by atoms with Crippen molar-refractivity contribution >= 4 is 34.5 Å². The zero-order chi connectivity index (χ0) is 16.7. The largest absolute Gasteiger partial charge is 0.488 e. The molecule has 0 saturated carbocycles. The van der Waals surface area contributed by atoms with Gasteiger partial charge in [0, 0.05) is 16.3 Å². The molecule has 1 heterocycles. The molecule has 0 bridgehead atoms. The molecule has 3 aromatic carbocycles. The van der Waals surface area contributed by atoms with Gasteiger partial charge in [-0.1, -0.05) is 54.6 Å². The van der Waals surface area contributed by atoms with Crippen LogP contribution in [-0.2, 0) is 0 Å². The number of rotatable bonds is 2. The van der Waals surface area contributed by atoms with E-state index in [-0.39, 0.29) is 0 Å². The van der Waals surface area contributed by atoms with Gasteiger partial charge >= 0.3 is 7.12 Å². The van der Waals surface area contributed by atoms with E-state index in [1.165, 1.54) is 0 Å². The highest BCUT2D eigenvalue weighted by atomic mass is 16.4. The third-order valence-electron chi connectivity index (χ3n) is 4.16. The van der Waals surface area contributed by atoms with Gasteiger partial charge in [0.25, 0.3) is 0 Å². The highest BCUT2D eigenvalue weighted by molar-refractivity contribution is 6.58. The van der Waals surface area contributed by atoms with Gasteiger partial charge in [0.15, 0.2) is 5.58 Å². The van der Waals surface area contributed by atoms with Crippen molar-refractivity contribution < 1.29 is 14.5 Å². The number of benzene rings is 3. The van der Waals surface area contributed by atoms with E-state index in [0.717, 1.165) is 21.9 Å². The highest BCUT2D eigenvalue weighted by Crippen LogP contribution is 2.36. The van der Waals surface area contributed by atoms with Crippen LogP contribution in [0.1, 0.15) is 5.56 Å². The zero-order valence-corrected chi connectivity index (χ0v) is 12.6. The van der Waals surface area contributed by atoms with E-state index in [4.69, 9.17) is 4.42 Å². The molecular weight excluding hydrogens is 301 g/mol. The van der Waals surface area contributed by atoms with Crippen LogP contribution in [0.15, 0.2) is 65.1 Å². The molecule has 0 aliphatic rings. The normalized spacial score (nSPS) is 10.9. The number of furan rings is 1. The van der Waals surface area contributed by atoms with Crippen molar-refractivity contribution in [2.45, 2.75) is 0 Å². The molecule has 0 saturated heterocycles. The fraction of sp³-hybridized carbons (Fsp3) is 0. The monoisotopic (exact) mass is 313 g/mol. The number of hydrogen-bond donors (Lipinski definition) is 2. The maximum atomic E-state index is 9.27. The topological polar surface area (TPSA) is 77.4 Å². The SMILES string of the molecule is N#Cc1cccc2c1oc1c(-c3ccc(B(O)O)cc3)cccc12. The van der Waals surface area contributed by atoms with E-state index < -0.39 is 7.12 Å². The predicted octanol–water partition coefficient (Wildman–Crippen LogP) is 2.80. The van der Waals surface area contributed by atoms with E-state index in [1.807, 2.05) is 42.5 Å². The van der Waals surface area contributed by atoms with Gasteiger partial charge in [-0.05, 0) is 17.1 Å². The van der Waals surface area contributed by atoms with Crippen LogP contribution in [0.2, 0.25) is 0 Å². The van der Waals surface area contributed by atoms with Crippen LogP contribution in [0.25, 0.3) is 33.1 Å². The van der Waals surface area contributed by atoms with Gasteiger partial charge in [-0.25, -0.2) is 0 Å². The lowest BCUT2D eigenvalue weighted by Crippen LogP contribution is -2.29. The summed E-state index contributed by atoms with van der Waals surface area (Å²) in [6.45, 7) is 0. The predicted molar refractivity (Wildman–Crippen MR) is 93.7 cm³/mol. The quantitative estimate of drug-likeness (QED) is 0.558. The van der Waals surface area contributed by atoms with Crippen molar-refractivity contribution in [2.24, 2.45) is 0 Å². The Morgan fingerprint density at radius 1 is 0.833 bits per heavy atom. The maximum absolute atomic E-state index is 9.27. The van der Waals surface area contributed by atoms with E-state index in [0.29, 0.717) is 22.2 Å². The highest BCUT2D eigenvalue weighted by Gasteiger charge is 2.15. The summed E-state index contributed by atoms with van der Waals surface area (Å²) in [5.41, 5.74) is 4.04. The lowest BCUT2D eigenvalue weighted by molar-refractivity contribution is 0.426. The minimum absolute atomic E-state index is 0.433. The first-order chi connectivity index (χ1) is 11.7. The Morgan fingerprint density at radius 3 is 2.17 bits per heavy atom. The Labute approximate surface area is 138 Å². The number of hydrogen-bond acceptors (Lipinski definition) is 4. The first-order valence-electron chi connectivity index (χ1n) is 7.50. The first kappa shape index (κ1) is 14.5. The van der Waals surface area contributed by atoms with Gasteiger partial charge in [0.2, 0.25) is 0 Å². The molecule has 4 nitrogen and oxygen atoms in total. The van der Waals surface area contributed by atoms with Crippen LogP contribution in [-0.4, -0.2) is 17.2 Å². The summed E-state index contributed by atoms with van der Waals surface area (Å²) in [5, 5.41) is 29.6. The first-order valence-corrected chi connectivity index (χ1v) is 7.50. The summed E-state index contributed by atoms with van der Waals surface area (Å²) in [5.74, 6) is 0. The van der Waals surface area contributed by atoms with Crippen molar-refractivity contribution in [1.29, 1.82) is 5.26 Å². The summed E-state index contributed by atoms with van der Waals surface area (Å²) in [7, 11) is -1.49. The number of nitriles is 1. The molecule has 0 fully saturated rings. The molecule has 0 aliphatic carbocycles. The van der Waals surface area contributed by atoms with Gasteiger partial charge in [0.05, 0.1) is 5.56 Å². The minimum Gasteiger partial charge on any atom is -0.454 e. The van der Waals surface area contributed by atoms with Crippen molar-refractivity contribution in [3.8, 4) is 17.2 Å². The summed E-state index contributed by atoms with van der Waals surface area (Å²) < 4.78 is 6.02.